The van der Waals surface area contributed by atoms with Gasteiger partial charge in [-0.3, -0.25) is 4.79 Å². The van der Waals surface area contributed by atoms with E-state index in [1.165, 1.54) is 11.8 Å². The van der Waals surface area contributed by atoms with Gasteiger partial charge in [0.25, 0.3) is 0 Å². The summed E-state index contributed by atoms with van der Waals surface area (Å²) in [5.41, 5.74) is 0.328. The van der Waals surface area contributed by atoms with Gasteiger partial charge in [-0.2, -0.15) is 0 Å². The Labute approximate surface area is 137 Å². The molecule has 0 unspecified atom stereocenters. The molecule has 0 saturated carbocycles. The molecule has 0 saturated heterocycles. The highest BCUT2D eigenvalue weighted by molar-refractivity contribution is 9.10. The summed E-state index contributed by atoms with van der Waals surface area (Å²) in [6.45, 7) is 2.22. The Morgan fingerprint density at radius 2 is 2.05 bits per heavy atom. The molecule has 6 heteroatoms. The first kappa shape index (κ1) is 18.0. The SMILES string of the molecule is CCOC(=O)CCCCCSc1cc(Br)ccc1C(=O)O. The van der Waals surface area contributed by atoms with E-state index in [1.54, 1.807) is 19.1 Å². The normalized spacial score (nSPS) is 10.4. The summed E-state index contributed by atoms with van der Waals surface area (Å²) in [4.78, 5) is 23.0. The fourth-order valence-electron chi connectivity index (χ4n) is 1.76. The second-order valence-corrected chi connectivity index (χ2v) is 6.46. The largest absolute Gasteiger partial charge is 0.478 e. The smallest absolute Gasteiger partial charge is 0.336 e. The van der Waals surface area contributed by atoms with E-state index >= 15 is 0 Å². The van der Waals surface area contributed by atoms with Crippen LogP contribution in [0.4, 0.5) is 0 Å². The van der Waals surface area contributed by atoms with E-state index in [2.05, 4.69) is 15.9 Å². The number of thioether (sulfide) groups is 1. The summed E-state index contributed by atoms with van der Waals surface area (Å²) < 4.78 is 5.73. The number of carboxylic acids is 1. The molecule has 4 nitrogen and oxygen atoms in total. The van der Waals surface area contributed by atoms with Crippen molar-refractivity contribution in [1.82, 2.24) is 0 Å². The molecule has 116 valence electrons. The summed E-state index contributed by atoms with van der Waals surface area (Å²) in [5.74, 6) is -0.225. The number of carbonyl (C=O) groups is 2. The van der Waals surface area contributed by atoms with Gasteiger partial charge in [-0.05, 0) is 43.7 Å². The van der Waals surface area contributed by atoms with Crippen molar-refractivity contribution < 1.29 is 19.4 Å². The summed E-state index contributed by atoms with van der Waals surface area (Å²) in [5, 5.41) is 9.13. The van der Waals surface area contributed by atoms with E-state index in [4.69, 9.17) is 9.84 Å². The van der Waals surface area contributed by atoms with Crippen molar-refractivity contribution in [2.75, 3.05) is 12.4 Å². The lowest BCUT2D eigenvalue weighted by atomic mass is 10.2. The van der Waals surface area contributed by atoms with Crippen LogP contribution < -0.4 is 0 Å². The molecule has 0 fully saturated rings. The second kappa shape index (κ2) is 9.84. The Bertz CT molecular complexity index is 491. The average Bonchev–Trinajstić information content (AvgIpc) is 2.42. The van der Waals surface area contributed by atoms with Crippen molar-refractivity contribution >= 4 is 39.6 Å². The van der Waals surface area contributed by atoms with Crippen LogP contribution in [0.5, 0.6) is 0 Å². The number of halogens is 1. The maximum atomic E-state index is 11.2. The molecule has 0 heterocycles. The molecular weight excluding hydrogens is 356 g/mol. The molecule has 0 aromatic heterocycles. The molecule has 0 spiro atoms. The van der Waals surface area contributed by atoms with Crippen LogP contribution in [0.25, 0.3) is 0 Å². The lowest BCUT2D eigenvalue weighted by Gasteiger charge is -2.06. The van der Waals surface area contributed by atoms with Crippen molar-refractivity contribution in [3.63, 3.8) is 0 Å². The number of hydrogen-bond donors (Lipinski definition) is 1. The van der Waals surface area contributed by atoms with Crippen molar-refractivity contribution in [3.05, 3.63) is 28.2 Å². The van der Waals surface area contributed by atoms with Crippen LogP contribution in [0.2, 0.25) is 0 Å². The Hall–Kier alpha value is -1.01. The third-order valence-electron chi connectivity index (χ3n) is 2.76. The molecule has 1 rings (SSSR count). The molecule has 0 aliphatic heterocycles. The number of ether oxygens (including phenoxy) is 1. The van der Waals surface area contributed by atoms with Gasteiger partial charge in [-0.1, -0.05) is 22.4 Å². The molecule has 0 amide bonds. The highest BCUT2D eigenvalue weighted by Crippen LogP contribution is 2.27. The number of unbranched alkanes of at least 4 members (excludes halogenated alkanes) is 2. The van der Waals surface area contributed by atoms with Crippen LogP contribution in [0, 0.1) is 0 Å². The monoisotopic (exact) mass is 374 g/mol. The van der Waals surface area contributed by atoms with Crippen LogP contribution in [0.1, 0.15) is 43.0 Å². The van der Waals surface area contributed by atoms with E-state index in [0.717, 1.165) is 34.4 Å². The number of carboxylic acid groups (broad SMARTS) is 1. The third kappa shape index (κ3) is 7.00. The van der Waals surface area contributed by atoms with Crippen LogP contribution in [0.3, 0.4) is 0 Å². The number of aromatic carboxylic acids is 1. The lowest BCUT2D eigenvalue weighted by molar-refractivity contribution is -0.143. The van der Waals surface area contributed by atoms with Gasteiger partial charge in [0.1, 0.15) is 0 Å². The first-order valence-electron chi connectivity index (χ1n) is 6.86. The summed E-state index contributed by atoms with van der Waals surface area (Å²) in [6, 6.07) is 5.16. The zero-order valence-corrected chi connectivity index (χ0v) is 14.3. The van der Waals surface area contributed by atoms with Crippen LogP contribution >= 0.6 is 27.7 Å². The van der Waals surface area contributed by atoms with Gasteiger partial charge in [0.15, 0.2) is 0 Å². The van der Waals surface area contributed by atoms with E-state index in [-0.39, 0.29) is 5.97 Å². The molecule has 0 aliphatic carbocycles. The summed E-state index contributed by atoms with van der Waals surface area (Å²) in [6.07, 6.45) is 3.14. The predicted molar refractivity (Wildman–Crippen MR) is 86.9 cm³/mol. The van der Waals surface area contributed by atoms with Crippen LogP contribution in [0.15, 0.2) is 27.6 Å². The van der Waals surface area contributed by atoms with Gasteiger partial charge in [0.05, 0.1) is 12.2 Å². The molecule has 21 heavy (non-hydrogen) atoms. The third-order valence-corrected chi connectivity index (χ3v) is 4.40. The standard InChI is InChI=1S/C15H19BrO4S/c1-2-20-14(17)6-4-3-5-9-21-13-10-11(16)7-8-12(13)15(18)19/h7-8,10H,2-6,9H2,1H3,(H,18,19). The van der Waals surface area contributed by atoms with E-state index in [0.29, 0.717) is 18.6 Å². The number of esters is 1. The highest BCUT2D eigenvalue weighted by atomic mass is 79.9. The van der Waals surface area contributed by atoms with Crippen molar-refractivity contribution in [3.8, 4) is 0 Å². The molecule has 0 aliphatic rings. The fourth-order valence-corrected chi connectivity index (χ4v) is 3.36. The van der Waals surface area contributed by atoms with Gasteiger partial charge in [-0.25, -0.2) is 4.79 Å². The first-order chi connectivity index (χ1) is 10.0. The topological polar surface area (TPSA) is 63.6 Å². The molecule has 0 radical (unpaired) electrons. The van der Waals surface area contributed by atoms with E-state index in [9.17, 15) is 9.59 Å². The summed E-state index contributed by atoms with van der Waals surface area (Å²) >= 11 is 4.88. The predicted octanol–water partition coefficient (Wildman–Crippen LogP) is 4.36. The van der Waals surface area contributed by atoms with Crippen LogP contribution in [-0.4, -0.2) is 29.4 Å². The van der Waals surface area contributed by atoms with E-state index < -0.39 is 5.97 Å². The van der Waals surface area contributed by atoms with Crippen molar-refractivity contribution in [2.24, 2.45) is 0 Å². The molecule has 1 N–H and O–H groups in total. The van der Waals surface area contributed by atoms with Gasteiger partial charge in [-0.15, -0.1) is 11.8 Å². The Kier molecular flexibility index (Phi) is 8.45. The highest BCUT2D eigenvalue weighted by Gasteiger charge is 2.10. The quantitative estimate of drug-likeness (QED) is 0.395. The molecular formula is C15H19BrO4S. The number of hydrogen-bond acceptors (Lipinski definition) is 4. The Balaban J connectivity index is 2.31. The fraction of sp³-hybridized carbons (Fsp3) is 0.467. The Morgan fingerprint density at radius 1 is 1.29 bits per heavy atom. The van der Waals surface area contributed by atoms with Crippen molar-refractivity contribution in [1.29, 1.82) is 0 Å². The number of rotatable bonds is 9. The minimum Gasteiger partial charge on any atom is -0.478 e. The average molecular weight is 375 g/mol. The Morgan fingerprint density at radius 3 is 2.71 bits per heavy atom. The van der Waals surface area contributed by atoms with Gasteiger partial charge in [0.2, 0.25) is 0 Å². The second-order valence-electron chi connectivity index (χ2n) is 4.41. The molecule has 1 aromatic carbocycles. The maximum absolute atomic E-state index is 11.2. The van der Waals surface area contributed by atoms with Gasteiger partial charge in [0, 0.05) is 15.8 Å². The minimum absolute atomic E-state index is 0.148. The number of benzene rings is 1. The van der Waals surface area contributed by atoms with Crippen molar-refractivity contribution in [2.45, 2.75) is 37.5 Å². The molecule has 0 bridgehead atoms. The summed E-state index contributed by atoms with van der Waals surface area (Å²) in [7, 11) is 0. The number of carbonyl (C=O) groups excluding carboxylic acids is 1. The molecule has 1 aromatic rings. The lowest BCUT2D eigenvalue weighted by Crippen LogP contribution is -2.03. The zero-order valence-electron chi connectivity index (χ0n) is 11.9. The molecule has 0 atom stereocenters. The maximum Gasteiger partial charge on any atom is 0.336 e. The van der Waals surface area contributed by atoms with Crippen LogP contribution in [-0.2, 0) is 9.53 Å². The minimum atomic E-state index is -0.910. The van der Waals surface area contributed by atoms with Gasteiger partial charge < -0.3 is 9.84 Å². The van der Waals surface area contributed by atoms with Gasteiger partial charge >= 0.3 is 11.9 Å². The first-order valence-corrected chi connectivity index (χ1v) is 8.63. The van der Waals surface area contributed by atoms with E-state index in [1.807, 2.05) is 6.07 Å². The zero-order chi connectivity index (χ0) is 15.7.